The van der Waals surface area contributed by atoms with E-state index in [9.17, 15) is 9.90 Å². The van der Waals surface area contributed by atoms with E-state index in [1.165, 1.54) is 0 Å². The van der Waals surface area contributed by atoms with Crippen LogP contribution in [-0.2, 0) is 13.0 Å². The highest BCUT2D eigenvalue weighted by Gasteiger charge is 2.11. The molecule has 106 valence electrons. The topological polar surface area (TPSA) is 61.4 Å². The monoisotopic (exact) mass is 290 g/mol. The molecule has 0 radical (unpaired) electrons. The number of amides is 2. The number of hydrogen-bond donors (Lipinski definition) is 3. The van der Waals surface area contributed by atoms with Crippen molar-refractivity contribution in [3.05, 3.63) is 58.3 Å². The Balaban J connectivity index is 1.79. The summed E-state index contributed by atoms with van der Waals surface area (Å²) in [5.41, 5.74) is 1.09. The van der Waals surface area contributed by atoms with Gasteiger partial charge in [0.05, 0.1) is 19.2 Å². The van der Waals surface area contributed by atoms with Gasteiger partial charge in [-0.05, 0) is 23.4 Å². The van der Waals surface area contributed by atoms with Crippen molar-refractivity contribution in [1.82, 2.24) is 10.6 Å². The number of aliphatic hydroxyl groups is 1. The second kappa shape index (κ2) is 7.67. The Bertz CT molecular complexity index is 514. The maximum absolute atomic E-state index is 11.8. The van der Waals surface area contributed by atoms with Crippen molar-refractivity contribution >= 4 is 17.4 Å². The lowest BCUT2D eigenvalue weighted by Crippen LogP contribution is -2.44. The molecule has 5 heteroatoms. The van der Waals surface area contributed by atoms with Gasteiger partial charge in [-0.2, -0.15) is 0 Å². The summed E-state index contributed by atoms with van der Waals surface area (Å²) in [6.07, 6.45) is 0.615. The maximum Gasteiger partial charge on any atom is 0.315 e. The Morgan fingerprint density at radius 1 is 1.20 bits per heavy atom. The minimum atomic E-state index is -0.277. The molecular formula is C15H18N2O2S. The zero-order valence-corrected chi connectivity index (χ0v) is 11.9. The number of rotatable bonds is 6. The normalized spacial score (nSPS) is 11.8. The molecule has 2 aromatic rings. The van der Waals surface area contributed by atoms with Gasteiger partial charge in [-0.25, -0.2) is 4.79 Å². The first-order chi connectivity index (χ1) is 9.78. The molecule has 1 atom stereocenters. The molecule has 1 aromatic carbocycles. The van der Waals surface area contributed by atoms with Gasteiger partial charge in [0.2, 0.25) is 0 Å². The Morgan fingerprint density at radius 2 is 2.00 bits per heavy atom. The molecule has 0 aliphatic carbocycles. The van der Waals surface area contributed by atoms with Crippen LogP contribution in [0.2, 0.25) is 0 Å². The maximum atomic E-state index is 11.8. The molecule has 0 saturated carbocycles. The predicted molar refractivity (Wildman–Crippen MR) is 80.7 cm³/mol. The summed E-state index contributed by atoms with van der Waals surface area (Å²) in [5.74, 6) is 0. The first-order valence-electron chi connectivity index (χ1n) is 6.49. The molecule has 0 unspecified atom stereocenters. The molecule has 0 saturated heterocycles. The van der Waals surface area contributed by atoms with Gasteiger partial charge in [0, 0.05) is 4.88 Å². The van der Waals surface area contributed by atoms with Crippen LogP contribution in [0, 0.1) is 0 Å². The molecular weight excluding hydrogens is 272 g/mol. The highest BCUT2D eigenvalue weighted by molar-refractivity contribution is 7.09. The van der Waals surface area contributed by atoms with Crippen molar-refractivity contribution in [3.63, 3.8) is 0 Å². The smallest absolute Gasteiger partial charge is 0.315 e. The first kappa shape index (κ1) is 14.6. The van der Waals surface area contributed by atoms with E-state index in [4.69, 9.17) is 0 Å². The fourth-order valence-electron chi connectivity index (χ4n) is 1.88. The zero-order chi connectivity index (χ0) is 14.2. The zero-order valence-electron chi connectivity index (χ0n) is 11.1. The molecule has 0 aliphatic heterocycles. The Kier molecular flexibility index (Phi) is 5.58. The summed E-state index contributed by atoms with van der Waals surface area (Å²) in [5, 5.41) is 16.9. The minimum Gasteiger partial charge on any atom is -0.394 e. The van der Waals surface area contributed by atoms with Crippen molar-refractivity contribution in [2.75, 3.05) is 6.61 Å². The van der Waals surface area contributed by atoms with E-state index in [0.29, 0.717) is 13.0 Å². The third kappa shape index (κ3) is 4.68. The van der Waals surface area contributed by atoms with Crippen LogP contribution in [0.4, 0.5) is 4.79 Å². The third-order valence-corrected chi connectivity index (χ3v) is 3.76. The molecule has 1 heterocycles. The average Bonchev–Trinajstić information content (AvgIpc) is 2.99. The molecule has 1 aromatic heterocycles. The van der Waals surface area contributed by atoms with E-state index in [1.807, 2.05) is 47.8 Å². The molecule has 2 amide bonds. The van der Waals surface area contributed by atoms with Crippen molar-refractivity contribution in [3.8, 4) is 0 Å². The second-order valence-electron chi connectivity index (χ2n) is 4.48. The van der Waals surface area contributed by atoms with Crippen LogP contribution in [0.25, 0.3) is 0 Å². The average molecular weight is 290 g/mol. The van der Waals surface area contributed by atoms with E-state index in [0.717, 1.165) is 10.4 Å². The summed E-state index contributed by atoms with van der Waals surface area (Å²) in [7, 11) is 0. The van der Waals surface area contributed by atoms with Gasteiger partial charge in [0.25, 0.3) is 0 Å². The van der Waals surface area contributed by atoms with Crippen LogP contribution < -0.4 is 10.6 Å². The van der Waals surface area contributed by atoms with Crippen molar-refractivity contribution in [2.24, 2.45) is 0 Å². The Labute approximate surface area is 122 Å². The molecule has 2 rings (SSSR count). The molecule has 4 nitrogen and oxygen atoms in total. The first-order valence-corrected chi connectivity index (χ1v) is 7.37. The standard InChI is InChI=1S/C15H18N2O2S/c18-11-13(9-12-5-2-1-3-6-12)17-15(19)16-10-14-7-4-8-20-14/h1-8,13,18H,9-11H2,(H2,16,17,19)/t13-/m1/s1. The van der Waals surface area contributed by atoms with Crippen LogP contribution in [0.15, 0.2) is 47.8 Å². The fourth-order valence-corrected chi connectivity index (χ4v) is 2.52. The molecule has 20 heavy (non-hydrogen) atoms. The molecule has 0 bridgehead atoms. The molecule has 0 aliphatic rings. The quantitative estimate of drug-likeness (QED) is 0.763. The number of thiophene rings is 1. The number of nitrogens with one attached hydrogen (secondary N) is 2. The van der Waals surface area contributed by atoms with E-state index >= 15 is 0 Å². The van der Waals surface area contributed by atoms with Gasteiger partial charge in [0.15, 0.2) is 0 Å². The number of aliphatic hydroxyl groups excluding tert-OH is 1. The summed E-state index contributed by atoms with van der Waals surface area (Å²) in [6, 6.07) is 13.2. The van der Waals surface area contributed by atoms with Gasteiger partial charge >= 0.3 is 6.03 Å². The Hall–Kier alpha value is -1.85. The summed E-state index contributed by atoms with van der Waals surface area (Å²) < 4.78 is 0. The number of carbonyl (C=O) groups excluding carboxylic acids is 1. The number of benzene rings is 1. The van der Waals surface area contributed by atoms with Gasteiger partial charge in [-0.3, -0.25) is 0 Å². The molecule has 0 spiro atoms. The highest BCUT2D eigenvalue weighted by atomic mass is 32.1. The lowest BCUT2D eigenvalue weighted by Gasteiger charge is -2.16. The number of hydrogen-bond acceptors (Lipinski definition) is 3. The SMILES string of the molecule is O=C(NCc1cccs1)N[C@@H](CO)Cc1ccccc1. The summed E-state index contributed by atoms with van der Waals surface area (Å²) in [4.78, 5) is 12.9. The highest BCUT2D eigenvalue weighted by Crippen LogP contribution is 2.07. The van der Waals surface area contributed by atoms with Crippen LogP contribution in [-0.4, -0.2) is 23.8 Å². The van der Waals surface area contributed by atoms with Crippen LogP contribution in [0.5, 0.6) is 0 Å². The molecule has 0 fully saturated rings. The number of carbonyl (C=O) groups is 1. The lowest BCUT2D eigenvalue weighted by molar-refractivity contribution is 0.215. The molecule has 3 N–H and O–H groups in total. The largest absolute Gasteiger partial charge is 0.394 e. The second-order valence-corrected chi connectivity index (χ2v) is 5.51. The van der Waals surface area contributed by atoms with E-state index in [2.05, 4.69) is 10.6 Å². The van der Waals surface area contributed by atoms with Crippen LogP contribution in [0.3, 0.4) is 0 Å². The van der Waals surface area contributed by atoms with Gasteiger partial charge in [-0.1, -0.05) is 36.4 Å². The number of urea groups is 1. The lowest BCUT2D eigenvalue weighted by atomic mass is 10.1. The van der Waals surface area contributed by atoms with Crippen molar-refractivity contribution in [1.29, 1.82) is 0 Å². The van der Waals surface area contributed by atoms with E-state index < -0.39 is 0 Å². The predicted octanol–water partition coefficient (Wildman–Crippen LogP) is 2.15. The van der Waals surface area contributed by atoms with Crippen molar-refractivity contribution < 1.29 is 9.90 Å². The minimum absolute atomic E-state index is 0.0820. The van der Waals surface area contributed by atoms with Crippen molar-refractivity contribution in [2.45, 2.75) is 19.0 Å². The third-order valence-electron chi connectivity index (χ3n) is 2.88. The van der Waals surface area contributed by atoms with E-state index in [1.54, 1.807) is 11.3 Å². The van der Waals surface area contributed by atoms with Gasteiger partial charge in [-0.15, -0.1) is 11.3 Å². The Morgan fingerprint density at radius 3 is 2.65 bits per heavy atom. The van der Waals surface area contributed by atoms with Crippen LogP contribution in [0.1, 0.15) is 10.4 Å². The fraction of sp³-hybridized carbons (Fsp3) is 0.267. The van der Waals surface area contributed by atoms with Crippen LogP contribution >= 0.6 is 11.3 Å². The van der Waals surface area contributed by atoms with Gasteiger partial charge < -0.3 is 15.7 Å². The summed E-state index contributed by atoms with van der Waals surface area (Å²) >= 11 is 1.60. The van der Waals surface area contributed by atoms with E-state index in [-0.39, 0.29) is 18.7 Å². The van der Waals surface area contributed by atoms with Gasteiger partial charge in [0.1, 0.15) is 0 Å². The summed E-state index contributed by atoms with van der Waals surface area (Å²) in [6.45, 7) is 0.425.